The van der Waals surface area contributed by atoms with Crippen LogP contribution in [0.5, 0.6) is 0 Å². The van der Waals surface area contributed by atoms with E-state index in [1.165, 1.54) is 24.8 Å². The number of nitrogens with zero attached hydrogens (tertiary/aromatic N) is 2. The monoisotopic (exact) mass is 231 g/mol. The number of nitrogens with one attached hydrogen (secondary N) is 1. The normalized spacial score (nSPS) is 16.3. The largest absolute Gasteiger partial charge is 0.390 e. The molecular formula is C13H17N3O. The Morgan fingerprint density at radius 1 is 1.41 bits per heavy atom. The molecule has 2 N–H and O–H groups in total. The number of aliphatic hydroxyl groups excluding tert-OH is 1. The number of hydrogen-bond acceptors (Lipinski definition) is 3. The molecule has 4 nitrogen and oxygen atoms in total. The van der Waals surface area contributed by atoms with Crippen molar-refractivity contribution in [3.63, 3.8) is 0 Å². The molecule has 1 aliphatic carbocycles. The molecule has 0 amide bonds. The number of pyridine rings is 1. The van der Waals surface area contributed by atoms with Gasteiger partial charge in [-0.15, -0.1) is 0 Å². The van der Waals surface area contributed by atoms with Gasteiger partial charge in [0.05, 0.1) is 6.61 Å². The zero-order chi connectivity index (χ0) is 11.7. The molecule has 1 fully saturated rings. The van der Waals surface area contributed by atoms with E-state index in [2.05, 4.69) is 16.4 Å². The van der Waals surface area contributed by atoms with E-state index in [4.69, 9.17) is 0 Å². The Bertz CT molecular complexity index is 516. The van der Waals surface area contributed by atoms with Crippen LogP contribution in [0.15, 0.2) is 24.5 Å². The molecule has 3 rings (SSSR count). The Morgan fingerprint density at radius 2 is 2.29 bits per heavy atom. The Balaban J connectivity index is 1.85. The summed E-state index contributed by atoms with van der Waals surface area (Å²) < 4.78 is 1.96. The fraction of sp³-hybridized carbons (Fsp3) is 0.462. The topological polar surface area (TPSA) is 49.6 Å². The SMILES string of the molecule is OCc1ccc(CNC2CCC2)c2nccn12. The van der Waals surface area contributed by atoms with Crippen molar-refractivity contribution in [2.75, 3.05) is 0 Å². The van der Waals surface area contributed by atoms with Crippen LogP contribution in [0.1, 0.15) is 30.5 Å². The van der Waals surface area contributed by atoms with Gasteiger partial charge in [0.25, 0.3) is 0 Å². The third kappa shape index (κ3) is 1.94. The van der Waals surface area contributed by atoms with Gasteiger partial charge >= 0.3 is 0 Å². The van der Waals surface area contributed by atoms with Crippen LogP contribution in [0.2, 0.25) is 0 Å². The summed E-state index contributed by atoms with van der Waals surface area (Å²) in [7, 11) is 0. The van der Waals surface area contributed by atoms with Crippen LogP contribution in [-0.4, -0.2) is 20.5 Å². The lowest BCUT2D eigenvalue weighted by atomic mass is 9.93. The number of fused-ring (bicyclic) bond motifs is 1. The van der Waals surface area contributed by atoms with Gasteiger partial charge < -0.3 is 14.8 Å². The molecule has 0 saturated heterocycles. The Hall–Kier alpha value is -1.39. The maximum atomic E-state index is 9.25. The Labute approximate surface area is 100 Å². The fourth-order valence-corrected chi connectivity index (χ4v) is 2.26. The standard InChI is InChI=1S/C13H17N3O/c17-9-12-5-4-10(8-15-11-2-1-3-11)13-14-6-7-16(12)13/h4-7,11,15,17H,1-3,8-9H2. The molecular weight excluding hydrogens is 214 g/mol. The van der Waals surface area contributed by atoms with Crippen LogP contribution in [0.25, 0.3) is 5.65 Å². The van der Waals surface area contributed by atoms with Crippen molar-refractivity contribution in [2.24, 2.45) is 0 Å². The molecule has 2 aromatic rings. The van der Waals surface area contributed by atoms with E-state index in [1.54, 1.807) is 6.20 Å². The van der Waals surface area contributed by atoms with E-state index < -0.39 is 0 Å². The quantitative estimate of drug-likeness (QED) is 0.837. The van der Waals surface area contributed by atoms with Gasteiger partial charge in [0.2, 0.25) is 0 Å². The van der Waals surface area contributed by atoms with E-state index in [1.807, 2.05) is 16.7 Å². The molecule has 0 radical (unpaired) electrons. The summed E-state index contributed by atoms with van der Waals surface area (Å²) in [6, 6.07) is 4.70. The number of hydrogen-bond donors (Lipinski definition) is 2. The minimum Gasteiger partial charge on any atom is -0.390 e. The second kappa shape index (κ2) is 4.47. The number of aromatic nitrogens is 2. The summed E-state index contributed by atoms with van der Waals surface area (Å²) in [5, 5.41) is 12.8. The molecule has 0 unspecified atom stereocenters. The van der Waals surface area contributed by atoms with Gasteiger partial charge in [-0.3, -0.25) is 0 Å². The van der Waals surface area contributed by atoms with Crippen molar-refractivity contribution < 1.29 is 5.11 Å². The first-order chi connectivity index (χ1) is 8.38. The lowest BCUT2D eigenvalue weighted by Gasteiger charge is -2.26. The molecule has 0 aliphatic heterocycles. The van der Waals surface area contributed by atoms with Crippen LogP contribution >= 0.6 is 0 Å². The smallest absolute Gasteiger partial charge is 0.141 e. The predicted octanol–water partition coefficient (Wildman–Crippen LogP) is 1.47. The van der Waals surface area contributed by atoms with Crippen molar-refractivity contribution >= 4 is 5.65 Å². The number of imidazole rings is 1. The van der Waals surface area contributed by atoms with Crippen LogP contribution in [0, 0.1) is 0 Å². The summed E-state index contributed by atoms with van der Waals surface area (Å²) in [6.07, 6.45) is 7.61. The van der Waals surface area contributed by atoms with E-state index in [-0.39, 0.29) is 6.61 Å². The second-order valence-corrected chi connectivity index (χ2v) is 4.64. The molecule has 0 aromatic carbocycles. The number of rotatable bonds is 4. The van der Waals surface area contributed by atoms with Crippen LogP contribution < -0.4 is 5.32 Å². The molecule has 1 saturated carbocycles. The predicted molar refractivity (Wildman–Crippen MR) is 65.6 cm³/mol. The molecule has 0 bridgehead atoms. The maximum Gasteiger partial charge on any atom is 0.141 e. The molecule has 2 aromatic heterocycles. The minimum atomic E-state index is 0.0448. The fourth-order valence-electron chi connectivity index (χ4n) is 2.26. The lowest BCUT2D eigenvalue weighted by Crippen LogP contribution is -2.34. The van der Waals surface area contributed by atoms with E-state index >= 15 is 0 Å². The van der Waals surface area contributed by atoms with Crippen molar-refractivity contribution in [2.45, 2.75) is 38.5 Å². The molecule has 90 valence electrons. The molecule has 0 spiro atoms. The van der Waals surface area contributed by atoms with Crippen molar-refractivity contribution in [3.8, 4) is 0 Å². The molecule has 17 heavy (non-hydrogen) atoms. The van der Waals surface area contributed by atoms with Gasteiger partial charge in [-0.1, -0.05) is 12.5 Å². The molecule has 2 heterocycles. The van der Waals surface area contributed by atoms with Crippen molar-refractivity contribution in [1.29, 1.82) is 0 Å². The van der Waals surface area contributed by atoms with E-state index in [0.29, 0.717) is 6.04 Å². The summed E-state index contributed by atoms with van der Waals surface area (Å²) in [4.78, 5) is 4.36. The van der Waals surface area contributed by atoms with Crippen LogP contribution in [0.4, 0.5) is 0 Å². The first kappa shape index (κ1) is 10.7. The van der Waals surface area contributed by atoms with Crippen molar-refractivity contribution in [3.05, 3.63) is 35.8 Å². The summed E-state index contributed by atoms with van der Waals surface area (Å²) in [5.41, 5.74) is 3.02. The lowest BCUT2D eigenvalue weighted by molar-refractivity contribution is 0.275. The van der Waals surface area contributed by atoms with Gasteiger partial charge in [-0.25, -0.2) is 4.98 Å². The van der Waals surface area contributed by atoms with Gasteiger partial charge in [-0.05, 0) is 18.9 Å². The Morgan fingerprint density at radius 3 is 3.00 bits per heavy atom. The second-order valence-electron chi connectivity index (χ2n) is 4.64. The van der Waals surface area contributed by atoms with Gasteiger partial charge in [0.1, 0.15) is 5.65 Å². The zero-order valence-electron chi connectivity index (χ0n) is 9.76. The van der Waals surface area contributed by atoms with Gasteiger partial charge in [0, 0.05) is 36.2 Å². The molecule has 4 heteroatoms. The first-order valence-electron chi connectivity index (χ1n) is 6.16. The average Bonchev–Trinajstić information content (AvgIpc) is 2.76. The summed E-state index contributed by atoms with van der Waals surface area (Å²) in [5.74, 6) is 0. The van der Waals surface area contributed by atoms with Crippen molar-refractivity contribution in [1.82, 2.24) is 14.7 Å². The maximum absolute atomic E-state index is 9.25. The van der Waals surface area contributed by atoms with E-state index in [0.717, 1.165) is 17.9 Å². The third-order valence-corrected chi connectivity index (χ3v) is 3.56. The highest BCUT2D eigenvalue weighted by Gasteiger charge is 2.17. The van der Waals surface area contributed by atoms with Gasteiger partial charge in [-0.2, -0.15) is 0 Å². The highest BCUT2D eigenvalue weighted by atomic mass is 16.3. The highest BCUT2D eigenvalue weighted by molar-refractivity contribution is 5.49. The number of aliphatic hydroxyl groups is 1. The van der Waals surface area contributed by atoms with Gasteiger partial charge in [0.15, 0.2) is 0 Å². The third-order valence-electron chi connectivity index (χ3n) is 3.56. The molecule has 1 aliphatic rings. The summed E-state index contributed by atoms with van der Waals surface area (Å²) in [6.45, 7) is 0.903. The highest BCUT2D eigenvalue weighted by Crippen LogP contribution is 2.19. The zero-order valence-corrected chi connectivity index (χ0v) is 9.76. The van der Waals surface area contributed by atoms with Crippen LogP contribution in [0.3, 0.4) is 0 Å². The Kier molecular flexibility index (Phi) is 2.82. The first-order valence-corrected chi connectivity index (χ1v) is 6.16. The molecule has 0 atom stereocenters. The van der Waals surface area contributed by atoms with Crippen LogP contribution in [-0.2, 0) is 13.2 Å². The average molecular weight is 231 g/mol. The minimum absolute atomic E-state index is 0.0448. The van der Waals surface area contributed by atoms with E-state index in [9.17, 15) is 5.11 Å². The summed E-state index contributed by atoms with van der Waals surface area (Å²) >= 11 is 0.